The van der Waals surface area contributed by atoms with Crippen molar-refractivity contribution in [1.29, 1.82) is 0 Å². The maximum Gasteiger partial charge on any atom is 0.410 e. The predicted molar refractivity (Wildman–Crippen MR) is 104 cm³/mol. The molecule has 6 heteroatoms. The highest BCUT2D eigenvalue weighted by molar-refractivity contribution is 14.1. The number of carbonyl (C=O) groups excluding carboxylic acids is 1. The molecule has 1 saturated heterocycles. The maximum absolute atomic E-state index is 12.5. The zero-order chi connectivity index (χ0) is 17.2. The topological polar surface area (TPSA) is 58.2 Å². The van der Waals surface area contributed by atoms with Gasteiger partial charge in [0.2, 0.25) is 0 Å². The first-order valence-electron chi connectivity index (χ1n) is 8.33. The zero-order valence-electron chi connectivity index (χ0n) is 13.6. The van der Waals surface area contributed by atoms with Gasteiger partial charge in [0.15, 0.2) is 0 Å². The van der Waals surface area contributed by atoms with E-state index < -0.39 is 0 Å². The molecule has 1 atom stereocenters. The van der Waals surface area contributed by atoms with Crippen LogP contribution in [0.4, 0.5) is 4.79 Å². The molecule has 2 heterocycles. The number of fused-ring (bicyclic) bond motifs is 1. The first-order valence-corrected chi connectivity index (χ1v) is 9.41. The van der Waals surface area contributed by atoms with Crippen molar-refractivity contribution in [2.24, 2.45) is 0 Å². The zero-order valence-corrected chi connectivity index (χ0v) is 15.8. The molecular formula is C19H18IN3O2. The summed E-state index contributed by atoms with van der Waals surface area (Å²) in [5.74, 6) is 0.839. The fourth-order valence-corrected chi connectivity index (χ4v) is 3.70. The van der Waals surface area contributed by atoms with Crippen LogP contribution in [0.5, 0.6) is 0 Å². The van der Waals surface area contributed by atoms with Gasteiger partial charge in [0.25, 0.3) is 0 Å². The molecule has 1 aliphatic heterocycles. The van der Waals surface area contributed by atoms with Crippen molar-refractivity contribution in [3.05, 3.63) is 63.5 Å². The number of rotatable bonds is 3. The van der Waals surface area contributed by atoms with Crippen molar-refractivity contribution in [2.45, 2.75) is 25.5 Å². The number of aromatic nitrogens is 2. The van der Waals surface area contributed by atoms with E-state index in [9.17, 15) is 4.79 Å². The van der Waals surface area contributed by atoms with E-state index in [2.05, 4.69) is 27.6 Å². The largest absolute Gasteiger partial charge is 0.445 e. The fraction of sp³-hybridized carbons (Fsp3) is 0.263. The van der Waals surface area contributed by atoms with Crippen LogP contribution >= 0.6 is 22.6 Å². The average Bonchev–Trinajstić information content (AvgIpc) is 3.26. The highest BCUT2D eigenvalue weighted by atomic mass is 127. The van der Waals surface area contributed by atoms with E-state index in [0.717, 1.165) is 38.8 Å². The molecule has 0 radical (unpaired) electrons. The van der Waals surface area contributed by atoms with E-state index >= 15 is 0 Å². The maximum atomic E-state index is 12.5. The molecular weight excluding hydrogens is 429 g/mol. The highest BCUT2D eigenvalue weighted by Crippen LogP contribution is 2.32. The van der Waals surface area contributed by atoms with Gasteiger partial charge in [0.1, 0.15) is 12.4 Å². The number of hydrogen-bond donors (Lipinski definition) is 1. The molecule has 3 aromatic rings. The van der Waals surface area contributed by atoms with E-state index in [-0.39, 0.29) is 12.1 Å². The SMILES string of the molecule is O=C(OCc1ccccc1)N1CCC[C@H]1c1nc2cc(I)ccc2[nH]1. The molecule has 1 N–H and O–H groups in total. The normalized spacial score (nSPS) is 17.2. The molecule has 0 spiro atoms. The number of carbonyl (C=O) groups is 1. The summed E-state index contributed by atoms with van der Waals surface area (Å²) in [6.45, 7) is 0.994. The minimum atomic E-state index is -0.276. The number of nitrogens with zero attached hydrogens (tertiary/aromatic N) is 2. The number of halogens is 1. The van der Waals surface area contributed by atoms with Crippen LogP contribution < -0.4 is 0 Å². The lowest BCUT2D eigenvalue weighted by molar-refractivity contribution is 0.0910. The van der Waals surface area contributed by atoms with Gasteiger partial charge in [0.05, 0.1) is 17.1 Å². The van der Waals surface area contributed by atoms with Gasteiger partial charge >= 0.3 is 6.09 Å². The van der Waals surface area contributed by atoms with Gasteiger partial charge < -0.3 is 9.72 Å². The molecule has 5 nitrogen and oxygen atoms in total. The van der Waals surface area contributed by atoms with E-state index in [1.807, 2.05) is 48.5 Å². The summed E-state index contributed by atoms with van der Waals surface area (Å²) in [5.41, 5.74) is 2.93. The number of H-pyrrole nitrogens is 1. The van der Waals surface area contributed by atoms with E-state index in [0.29, 0.717) is 13.2 Å². The Morgan fingerprint density at radius 2 is 2.12 bits per heavy atom. The summed E-state index contributed by atoms with van der Waals surface area (Å²) < 4.78 is 6.65. The molecule has 1 amide bonds. The summed E-state index contributed by atoms with van der Waals surface area (Å²) in [5, 5.41) is 0. The van der Waals surface area contributed by atoms with Crippen LogP contribution in [0.2, 0.25) is 0 Å². The van der Waals surface area contributed by atoms with Gasteiger partial charge in [-0.3, -0.25) is 4.90 Å². The van der Waals surface area contributed by atoms with E-state index in [1.54, 1.807) is 4.90 Å². The van der Waals surface area contributed by atoms with E-state index in [4.69, 9.17) is 9.72 Å². The van der Waals surface area contributed by atoms with Crippen LogP contribution in [0.25, 0.3) is 11.0 Å². The van der Waals surface area contributed by atoms with Gasteiger partial charge in [-0.05, 0) is 59.2 Å². The fourth-order valence-electron chi connectivity index (χ4n) is 3.23. The molecule has 25 heavy (non-hydrogen) atoms. The number of aromatic amines is 1. The van der Waals surface area contributed by atoms with Crippen molar-refractivity contribution in [2.75, 3.05) is 6.54 Å². The quantitative estimate of drug-likeness (QED) is 0.596. The van der Waals surface area contributed by atoms with Gasteiger partial charge in [-0.1, -0.05) is 30.3 Å². The van der Waals surface area contributed by atoms with Gasteiger partial charge in [-0.25, -0.2) is 9.78 Å². The van der Waals surface area contributed by atoms with Gasteiger partial charge in [0, 0.05) is 10.1 Å². The van der Waals surface area contributed by atoms with Gasteiger partial charge in [-0.2, -0.15) is 0 Å². The monoisotopic (exact) mass is 447 g/mol. The van der Waals surface area contributed by atoms with Crippen LogP contribution in [0, 0.1) is 3.57 Å². The molecule has 4 rings (SSSR count). The van der Waals surface area contributed by atoms with Gasteiger partial charge in [-0.15, -0.1) is 0 Å². The Morgan fingerprint density at radius 3 is 2.96 bits per heavy atom. The van der Waals surface area contributed by atoms with Crippen molar-refractivity contribution in [1.82, 2.24) is 14.9 Å². The number of amides is 1. The van der Waals surface area contributed by atoms with Crippen molar-refractivity contribution in [3.8, 4) is 0 Å². The Bertz CT molecular complexity index is 894. The first kappa shape index (κ1) is 16.4. The minimum Gasteiger partial charge on any atom is -0.445 e. The van der Waals surface area contributed by atoms with Crippen LogP contribution in [0.1, 0.15) is 30.3 Å². The number of hydrogen-bond acceptors (Lipinski definition) is 3. The summed E-state index contributed by atoms with van der Waals surface area (Å²) in [6, 6.07) is 15.8. The lowest BCUT2D eigenvalue weighted by Gasteiger charge is -2.22. The third kappa shape index (κ3) is 3.49. The minimum absolute atomic E-state index is 0.0478. The molecule has 0 unspecified atom stereocenters. The average molecular weight is 447 g/mol. The second-order valence-electron chi connectivity index (χ2n) is 6.18. The Kier molecular flexibility index (Phi) is 4.61. The second kappa shape index (κ2) is 7.03. The lowest BCUT2D eigenvalue weighted by atomic mass is 10.2. The van der Waals surface area contributed by atoms with Crippen LogP contribution in [0.3, 0.4) is 0 Å². The molecule has 1 fully saturated rings. The standard InChI is InChI=1S/C19H18IN3O2/c20-14-8-9-15-16(11-14)22-18(21-15)17-7-4-10-23(17)19(24)25-12-13-5-2-1-3-6-13/h1-3,5-6,8-9,11,17H,4,7,10,12H2,(H,21,22)/t17-/m0/s1. The number of imidazole rings is 1. The highest BCUT2D eigenvalue weighted by Gasteiger charge is 2.33. The smallest absolute Gasteiger partial charge is 0.410 e. The first-order chi connectivity index (χ1) is 12.2. The number of likely N-dealkylation sites (tertiary alicyclic amines) is 1. The Morgan fingerprint density at radius 1 is 1.28 bits per heavy atom. The molecule has 128 valence electrons. The second-order valence-corrected chi connectivity index (χ2v) is 7.42. The van der Waals surface area contributed by atoms with Crippen molar-refractivity contribution in [3.63, 3.8) is 0 Å². The number of nitrogens with one attached hydrogen (secondary N) is 1. The summed E-state index contributed by atoms with van der Waals surface area (Å²) >= 11 is 2.28. The molecule has 0 bridgehead atoms. The third-order valence-corrected chi connectivity index (χ3v) is 5.14. The van der Waals surface area contributed by atoms with Crippen molar-refractivity contribution >= 4 is 39.7 Å². The Hall–Kier alpha value is -2.09. The summed E-state index contributed by atoms with van der Waals surface area (Å²) in [6.07, 6.45) is 1.58. The van der Waals surface area contributed by atoms with Crippen molar-refractivity contribution < 1.29 is 9.53 Å². The molecule has 1 aromatic heterocycles. The molecule has 0 saturated carbocycles. The van der Waals surface area contributed by atoms with Crippen LogP contribution in [-0.2, 0) is 11.3 Å². The Labute approximate surface area is 159 Å². The van der Waals surface area contributed by atoms with Crippen LogP contribution in [-0.4, -0.2) is 27.5 Å². The molecule has 0 aliphatic carbocycles. The van der Waals surface area contributed by atoms with E-state index in [1.165, 1.54) is 0 Å². The summed E-state index contributed by atoms with van der Waals surface area (Å²) in [4.78, 5) is 22.4. The van der Waals surface area contributed by atoms with Crippen LogP contribution in [0.15, 0.2) is 48.5 Å². The summed E-state index contributed by atoms with van der Waals surface area (Å²) in [7, 11) is 0. The Balaban J connectivity index is 1.50. The number of ether oxygens (including phenoxy) is 1. The molecule has 2 aromatic carbocycles. The lowest BCUT2D eigenvalue weighted by Crippen LogP contribution is -2.31. The predicted octanol–water partition coefficient (Wildman–Crippen LogP) is 4.64. The molecule has 1 aliphatic rings. The number of benzene rings is 2. The third-order valence-electron chi connectivity index (χ3n) is 4.47.